The molecule has 0 saturated carbocycles. The molecule has 1 rings (SSSR count). The summed E-state index contributed by atoms with van der Waals surface area (Å²) in [7, 11) is 1.56. The van der Waals surface area contributed by atoms with Crippen LogP contribution < -0.4 is 5.32 Å². The second-order valence-corrected chi connectivity index (χ2v) is 2.95. The van der Waals surface area contributed by atoms with Crippen LogP contribution in [0.15, 0.2) is 0 Å². The molecule has 1 unspecified atom stereocenters. The van der Waals surface area contributed by atoms with Crippen molar-refractivity contribution in [2.24, 2.45) is 0 Å². The van der Waals surface area contributed by atoms with Crippen molar-refractivity contribution in [1.29, 1.82) is 0 Å². The van der Waals surface area contributed by atoms with Crippen molar-refractivity contribution < 1.29 is 9.53 Å². The zero-order valence-electron chi connectivity index (χ0n) is 8.08. The van der Waals surface area contributed by atoms with Crippen LogP contribution in [-0.4, -0.2) is 50.2 Å². The van der Waals surface area contributed by atoms with E-state index in [1.807, 2.05) is 4.90 Å². The topological polar surface area (TPSA) is 41.6 Å². The van der Waals surface area contributed by atoms with Crippen LogP contribution in [0, 0.1) is 0 Å². The molecule has 5 heteroatoms. The van der Waals surface area contributed by atoms with Gasteiger partial charge in [0.2, 0.25) is 0 Å². The quantitative estimate of drug-likeness (QED) is 0.688. The second kappa shape index (κ2) is 6.18. The largest absolute Gasteiger partial charge is 0.372 e. The number of nitrogens with one attached hydrogen (secondary N) is 1. The number of methoxy groups -OCH3 is 1. The van der Waals surface area contributed by atoms with Gasteiger partial charge in [0.15, 0.2) is 0 Å². The number of nitrogens with zero attached hydrogens (tertiary/aromatic N) is 1. The number of halogens is 1. The monoisotopic (exact) mass is 208 g/mol. The average molecular weight is 209 g/mol. The first-order chi connectivity index (χ1) is 5.75. The van der Waals surface area contributed by atoms with Crippen molar-refractivity contribution in [3.05, 3.63) is 0 Å². The Hall–Kier alpha value is -0.320. The van der Waals surface area contributed by atoms with Crippen molar-refractivity contribution >= 4 is 18.3 Å². The number of hydrogen-bond acceptors (Lipinski definition) is 3. The highest BCUT2D eigenvalue weighted by Crippen LogP contribution is 1.99. The molecule has 1 fully saturated rings. The molecule has 0 aromatic rings. The molecule has 0 aromatic carbocycles. The van der Waals surface area contributed by atoms with Gasteiger partial charge in [-0.3, -0.25) is 4.79 Å². The maximum absolute atomic E-state index is 11.5. The maximum atomic E-state index is 11.5. The van der Waals surface area contributed by atoms with Crippen LogP contribution in [-0.2, 0) is 9.53 Å². The summed E-state index contributed by atoms with van der Waals surface area (Å²) in [4.78, 5) is 13.3. The Morgan fingerprint density at radius 1 is 1.46 bits per heavy atom. The average Bonchev–Trinajstić information content (AvgIpc) is 2.17. The molecule has 4 nitrogen and oxygen atoms in total. The van der Waals surface area contributed by atoms with E-state index < -0.39 is 0 Å². The SMILES string of the molecule is COC(C)C(=O)N1CCNCC1.Cl. The fourth-order valence-electron chi connectivity index (χ4n) is 1.24. The van der Waals surface area contributed by atoms with E-state index in [4.69, 9.17) is 4.74 Å². The van der Waals surface area contributed by atoms with Gasteiger partial charge in [-0.15, -0.1) is 12.4 Å². The van der Waals surface area contributed by atoms with E-state index in [2.05, 4.69) is 5.32 Å². The van der Waals surface area contributed by atoms with E-state index in [-0.39, 0.29) is 24.4 Å². The third kappa shape index (κ3) is 3.50. The smallest absolute Gasteiger partial charge is 0.251 e. The minimum atomic E-state index is -0.303. The standard InChI is InChI=1S/C8H16N2O2.ClH/c1-7(12-2)8(11)10-5-3-9-4-6-10;/h7,9H,3-6H2,1-2H3;1H. The van der Waals surface area contributed by atoms with Crippen LogP contribution in [0.2, 0.25) is 0 Å². The first-order valence-electron chi connectivity index (χ1n) is 4.28. The van der Waals surface area contributed by atoms with Gasteiger partial charge in [-0.05, 0) is 6.92 Å². The lowest BCUT2D eigenvalue weighted by Gasteiger charge is -2.29. The van der Waals surface area contributed by atoms with E-state index in [0.717, 1.165) is 26.2 Å². The molecule has 78 valence electrons. The number of ether oxygens (including phenoxy) is 1. The van der Waals surface area contributed by atoms with Crippen LogP contribution in [0.3, 0.4) is 0 Å². The van der Waals surface area contributed by atoms with Crippen molar-refractivity contribution in [3.63, 3.8) is 0 Å². The number of hydrogen-bond donors (Lipinski definition) is 1. The van der Waals surface area contributed by atoms with Crippen LogP contribution in [0.25, 0.3) is 0 Å². The number of carbonyl (C=O) groups is 1. The summed E-state index contributed by atoms with van der Waals surface area (Å²) in [6.45, 7) is 5.16. The molecular weight excluding hydrogens is 192 g/mol. The van der Waals surface area contributed by atoms with Gasteiger partial charge < -0.3 is 15.0 Å². The molecule has 1 heterocycles. The Labute approximate surface area is 85.0 Å². The molecular formula is C8H17ClN2O2. The molecule has 1 saturated heterocycles. The highest BCUT2D eigenvalue weighted by molar-refractivity contribution is 5.85. The summed E-state index contributed by atoms with van der Waals surface area (Å²) in [5, 5.41) is 3.19. The third-order valence-electron chi connectivity index (χ3n) is 2.13. The molecule has 13 heavy (non-hydrogen) atoms. The lowest BCUT2D eigenvalue weighted by atomic mass is 10.3. The number of piperazine rings is 1. The fraction of sp³-hybridized carbons (Fsp3) is 0.875. The second-order valence-electron chi connectivity index (χ2n) is 2.95. The molecule has 1 amide bonds. The summed E-state index contributed by atoms with van der Waals surface area (Å²) >= 11 is 0. The lowest BCUT2D eigenvalue weighted by molar-refractivity contribution is -0.141. The van der Waals surface area contributed by atoms with Crippen LogP contribution in [0.1, 0.15) is 6.92 Å². The molecule has 0 spiro atoms. The highest BCUT2D eigenvalue weighted by Gasteiger charge is 2.20. The Morgan fingerprint density at radius 3 is 2.46 bits per heavy atom. The molecule has 0 bridgehead atoms. The van der Waals surface area contributed by atoms with Crippen molar-refractivity contribution in [3.8, 4) is 0 Å². The molecule has 1 aliphatic heterocycles. The Kier molecular flexibility index (Phi) is 6.03. The number of rotatable bonds is 2. The first kappa shape index (κ1) is 12.7. The Balaban J connectivity index is 0.00000144. The van der Waals surface area contributed by atoms with Gasteiger partial charge in [-0.2, -0.15) is 0 Å². The van der Waals surface area contributed by atoms with E-state index in [1.54, 1.807) is 14.0 Å². The predicted octanol–water partition coefficient (Wildman–Crippen LogP) is -0.125. The Bertz CT molecular complexity index is 160. The number of carbonyl (C=O) groups excluding carboxylic acids is 1. The zero-order chi connectivity index (χ0) is 8.97. The molecule has 0 aromatic heterocycles. The van der Waals surface area contributed by atoms with Crippen LogP contribution in [0.4, 0.5) is 0 Å². The Morgan fingerprint density at radius 2 is 2.00 bits per heavy atom. The number of amides is 1. The summed E-state index contributed by atoms with van der Waals surface area (Å²) in [6.07, 6.45) is -0.303. The van der Waals surface area contributed by atoms with E-state index in [9.17, 15) is 4.79 Å². The minimum absolute atomic E-state index is 0. The molecule has 1 N–H and O–H groups in total. The molecule has 1 aliphatic rings. The lowest BCUT2D eigenvalue weighted by Crippen LogP contribution is -2.49. The summed E-state index contributed by atoms with van der Waals surface area (Å²) in [5.41, 5.74) is 0. The summed E-state index contributed by atoms with van der Waals surface area (Å²) in [5.74, 6) is 0.0963. The molecule has 0 aliphatic carbocycles. The van der Waals surface area contributed by atoms with Gasteiger partial charge in [-0.1, -0.05) is 0 Å². The van der Waals surface area contributed by atoms with E-state index in [1.165, 1.54) is 0 Å². The zero-order valence-corrected chi connectivity index (χ0v) is 8.89. The summed E-state index contributed by atoms with van der Waals surface area (Å²) < 4.78 is 4.95. The van der Waals surface area contributed by atoms with Crippen molar-refractivity contribution in [2.45, 2.75) is 13.0 Å². The maximum Gasteiger partial charge on any atom is 0.251 e. The van der Waals surface area contributed by atoms with Crippen molar-refractivity contribution in [1.82, 2.24) is 10.2 Å². The molecule has 0 radical (unpaired) electrons. The minimum Gasteiger partial charge on any atom is -0.372 e. The van der Waals surface area contributed by atoms with Gasteiger partial charge >= 0.3 is 0 Å². The van der Waals surface area contributed by atoms with E-state index >= 15 is 0 Å². The molecule has 1 atom stereocenters. The predicted molar refractivity (Wildman–Crippen MR) is 53.2 cm³/mol. The van der Waals surface area contributed by atoms with Gasteiger partial charge in [0, 0.05) is 33.3 Å². The highest BCUT2D eigenvalue weighted by atomic mass is 35.5. The van der Waals surface area contributed by atoms with Crippen LogP contribution in [0.5, 0.6) is 0 Å². The van der Waals surface area contributed by atoms with E-state index in [0.29, 0.717) is 0 Å². The summed E-state index contributed by atoms with van der Waals surface area (Å²) in [6, 6.07) is 0. The normalized spacial score (nSPS) is 19.1. The van der Waals surface area contributed by atoms with Gasteiger partial charge in [0.1, 0.15) is 6.10 Å². The fourth-order valence-corrected chi connectivity index (χ4v) is 1.24. The van der Waals surface area contributed by atoms with Gasteiger partial charge in [0.25, 0.3) is 5.91 Å². The van der Waals surface area contributed by atoms with Crippen molar-refractivity contribution in [2.75, 3.05) is 33.3 Å². The third-order valence-corrected chi connectivity index (χ3v) is 2.13. The van der Waals surface area contributed by atoms with Crippen LogP contribution >= 0.6 is 12.4 Å². The first-order valence-corrected chi connectivity index (χ1v) is 4.28. The van der Waals surface area contributed by atoms with Gasteiger partial charge in [0.05, 0.1) is 0 Å². The van der Waals surface area contributed by atoms with Gasteiger partial charge in [-0.25, -0.2) is 0 Å².